The number of nitrogens with one attached hydrogen (secondary N) is 1. The van der Waals surface area contributed by atoms with Crippen LogP contribution in [0.15, 0.2) is 42.5 Å². The van der Waals surface area contributed by atoms with Crippen LogP contribution >= 0.6 is 11.6 Å². The van der Waals surface area contributed by atoms with Gasteiger partial charge in [0, 0.05) is 18.0 Å². The first-order chi connectivity index (χ1) is 15.0. The van der Waals surface area contributed by atoms with Crippen LogP contribution in [0.2, 0.25) is 5.02 Å². The van der Waals surface area contributed by atoms with E-state index in [-0.39, 0.29) is 24.9 Å². The fraction of sp³-hybridized carbons (Fsp3) is 0.458. The SMILES string of the molecule is COc1ccc(C(CC(C)C)NC(=O)CCCN(c2cccc(Cl)c2C)S(C)(=O)=O)cc1. The van der Waals surface area contributed by atoms with E-state index < -0.39 is 10.0 Å². The summed E-state index contributed by atoms with van der Waals surface area (Å²) in [5.41, 5.74) is 2.25. The number of rotatable bonds is 11. The Morgan fingerprint density at radius 1 is 1.16 bits per heavy atom. The van der Waals surface area contributed by atoms with E-state index >= 15 is 0 Å². The lowest BCUT2D eigenvalue weighted by molar-refractivity contribution is -0.122. The number of halogens is 1. The molecule has 0 spiro atoms. The zero-order valence-electron chi connectivity index (χ0n) is 19.4. The van der Waals surface area contributed by atoms with Crippen LogP contribution < -0.4 is 14.4 Å². The number of hydrogen-bond donors (Lipinski definition) is 1. The Morgan fingerprint density at radius 2 is 1.81 bits per heavy atom. The molecule has 176 valence electrons. The highest BCUT2D eigenvalue weighted by molar-refractivity contribution is 7.92. The number of methoxy groups -OCH3 is 1. The van der Waals surface area contributed by atoms with E-state index in [0.29, 0.717) is 28.6 Å². The van der Waals surface area contributed by atoms with Crippen LogP contribution in [0.1, 0.15) is 50.3 Å². The van der Waals surface area contributed by atoms with Crippen LogP contribution in [-0.4, -0.2) is 34.2 Å². The molecule has 0 saturated carbocycles. The summed E-state index contributed by atoms with van der Waals surface area (Å²) in [7, 11) is -1.89. The average molecular weight is 481 g/mol. The second-order valence-corrected chi connectivity index (χ2v) is 10.7. The van der Waals surface area contributed by atoms with Gasteiger partial charge in [-0.05, 0) is 61.1 Å². The van der Waals surface area contributed by atoms with Crippen LogP contribution in [0.3, 0.4) is 0 Å². The van der Waals surface area contributed by atoms with Crippen LogP contribution in [0.5, 0.6) is 5.75 Å². The molecule has 2 aromatic rings. The number of carbonyl (C=O) groups is 1. The summed E-state index contributed by atoms with van der Waals surface area (Å²) in [6.45, 7) is 6.21. The summed E-state index contributed by atoms with van der Waals surface area (Å²) in [5.74, 6) is 1.05. The minimum atomic E-state index is -3.51. The molecule has 0 aliphatic heterocycles. The Morgan fingerprint density at radius 3 is 2.38 bits per heavy atom. The molecular formula is C24H33ClN2O4S. The van der Waals surface area contributed by atoms with Gasteiger partial charge in [0.15, 0.2) is 0 Å². The van der Waals surface area contributed by atoms with E-state index in [9.17, 15) is 13.2 Å². The molecule has 0 heterocycles. The summed E-state index contributed by atoms with van der Waals surface area (Å²) in [4.78, 5) is 12.7. The molecule has 0 fully saturated rings. The van der Waals surface area contributed by atoms with Gasteiger partial charge < -0.3 is 10.1 Å². The highest BCUT2D eigenvalue weighted by Gasteiger charge is 2.21. The van der Waals surface area contributed by atoms with Crippen molar-refractivity contribution in [2.24, 2.45) is 5.92 Å². The van der Waals surface area contributed by atoms with Gasteiger partial charge >= 0.3 is 0 Å². The van der Waals surface area contributed by atoms with Crippen molar-refractivity contribution in [3.05, 3.63) is 58.6 Å². The zero-order chi connectivity index (χ0) is 23.9. The Kier molecular flexibility index (Phi) is 9.40. The lowest BCUT2D eigenvalue weighted by Gasteiger charge is -2.25. The van der Waals surface area contributed by atoms with Gasteiger partial charge in [0.05, 0.1) is 25.1 Å². The molecule has 2 aromatic carbocycles. The Labute approximate surface area is 197 Å². The molecule has 1 unspecified atom stereocenters. The van der Waals surface area contributed by atoms with Gasteiger partial charge in [-0.3, -0.25) is 9.10 Å². The first-order valence-electron chi connectivity index (χ1n) is 10.7. The normalized spacial score (nSPS) is 12.5. The average Bonchev–Trinajstić information content (AvgIpc) is 2.72. The van der Waals surface area contributed by atoms with Crippen molar-refractivity contribution in [1.29, 1.82) is 0 Å². The molecule has 6 nitrogen and oxygen atoms in total. The monoisotopic (exact) mass is 480 g/mol. The van der Waals surface area contributed by atoms with Gasteiger partial charge in [-0.1, -0.05) is 43.6 Å². The number of nitrogens with zero attached hydrogens (tertiary/aromatic N) is 1. The van der Waals surface area contributed by atoms with E-state index in [4.69, 9.17) is 16.3 Å². The van der Waals surface area contributed by atoms with Gasteiger partial charge in [-0.25, -0.2) is 8.42 Å². The zero-order valence-corrected chi connectivity index (χ0v) is 21.0. The lowest BCUT2D eigenvalue weighted by Crippen LogP contribution is -2.33. The van der Waals surface area contributed by atoms with E-state index in [1.54, 1.807) is 32.2 Å². The highest BCUT2D eigenvalue weighted by atomic mass is 35.5. The molecule has 1 N–H and O–H groups in total. The molecule has 1 amide bonds. The molecule has 0 aliphatic rings. The van der Waals surface area contributed by atoms with Crippen molar-refractivity contribution in [2.45, 2.75) is 46.1 Å². The van der Waals surface area contributed by atoms with Crippen molar-refractivity contribution in [1.82, 2.24) is 5.32 Å². The number of amides is 1. The number of carbonyl (C=O) groups excluding carboxylic acids is 1. The quantitative estimate of drug-likeness (QED) is 0.485. The van der Waals surface area contributed by atoms with E-state index in [0.717, 1.165) is 24.0 Å². The minimum Gasteiger partial charge on any atom is -0.497 e. The van der Waals surface area contributed by atoms with E-state index in [1.165, 1.54) is 4.31 Å². The smallest absolute Gasteiger partial charge is 0.232 e. The molecule has 1 atom stereocenters. The van der Waals surface area contributed by atoms with Gasteiger partial charge in [-0.15, -0.1) is 0 Å². The lowest BCUT2D eigenvalue weighted by atomic mass is 9.96. The summed E-state index contributed by atoms with van der Waals surface area (Å²) in [6.07, 6.45) is 2.57. The summed E-state index contributed by atoms with van der Waals surface area (Å²) < 4.78 is 31.3. The predicted molar refractivity (Wildman–Crippen MR) is 131 cm³/mol. The Bertz CT molecular complexity index is 1010. The van der Waals surface area contributed by atoms with Crippen molar-refractivity contribution in [2.75, 3.05) is 24.2 Å². The molecule has 0 aliphatic carbocycles. The van der Waals surface area contributed by atoms with E-state index in [2.05, 4.69) is 19.2 Å². The second kappa shape index (κ2) is 11.6. The predicted octanol–water partition coefficient (Wildman–Crippen LogP) is 5.11. The van der Waals surface area contributed by atoms with Crippen molar-refractivity contribution in [3.8, 4) is 5.75 Å². The first-order valence-corrected chi connectivity index (χ1v) is 12.9. The molecule has 0 saturated heterocycles. The maximum Gasteiger partial charge on any atom is 0.232 e. The van der Waals surface area contributed by atoms with Crippen LogP contribution in [-0.2, 0) is 14.8 Å². The topological polar surface area (TPSA) is 75.7 Å². The highest BCUT2D eigenvalue weighted by Crippen LogP contribution is 2.28. The molecule has 0 bridgehead atoms. The van der Waals surface area contributed by atoms with Crippen LogP contribution in [0.4, 0.5) is 5.69 Å². The van der Waals surface area contributed by atoms with Crippen molar-refractivity contribution < 1.29 is 17.9 Å². The number of anilines is 1. The van der Waals surface area contributed by atoms with Crippen molar-refractivity contribution in [3.63, 3.8) is 0 Å². The third-order valence-corrected chi connectivity index (χ3v) is 6.82. The third-order valence-electron chi connectivity index (χ3n) is 5.23. The summed E-state index contributed by atoms with van der Waals surface area (Å²) in [5, 5.41) is 3.61. The van der Waals surface area contributed by atoms with Gasteiger partial charge in [0.25, 0.3) is 0 Å². The number of benzene rings is 2. The largest absolute Gasteiger partial charge is 0.497 e. The van der Waals surface area contributed by atoms with Crippen LogP contribution in [0, 0.1) is 12.8 Å². The molecule has 0 radical (unpaired) electrons. The first kappa shape index (κ1) is 26.0. The Balaban J connectivity index is 2.05. The maximum absolute atomic E-state index is 12.7. The molecule has 0 aromatic heterocycles. The standard InChI is InChI=1S/C24H33ClN2O4S/c1-17(2)16-22(19-11-13-20(31-4)14-12-19)26-24(28)10-7-15-27(32(5,29)30)23-9-6-8-21(25)18(23)3/h6,8-9,11-14,17,22H,7,10,15-16H2,1-5H3,(H,26,28). The molecule has 32 heavy (non-hydrogen) atoms. The van der Waals surface area contributed by atoms with Gasteiger partial charge in [-0.2, -0.15) is 0 Å². The molecule has 2 rings (SSSR count). The fourth-order valence-corrected chi connectivity index (χ4v) is 4.75. The number of ether oxygens (including phenoxy) is 1. The van der Waals surface area contributed by atoms with Gasteiger partial charge in [0.2, 0.25) is 15.9 Å². The van der Waals surface area contributed by atoms with Crippen molar-refractivity contribution >= 4 is 33.2 Å². The summed E-state index contributed by atoms with van der Waals surface area (Å²) >= 11 is 6.17. The number of sulfonamides is 1. The maximum atomic E-state index is 12.7. The number of hydrogen-bond acceptors (Lipinski definition) is 4. The summed E-state index contributed by atoms with van der Waals surface area (Å²) in [6, 6.07) is 12.7. The van der Waals surface area contributed by atoms with Gasteiger partial charge in [0.1, 0.15) is 5.75 Å². The second-order valence-electron chi connectivity index (χ2n) is 8.35. The third kappa shape index (κ3) is 7.41. The Hall–Kier alpha value is -2.25. The molecule has 8 heteroatoms. The van der Waals surface area contributed by atoms with E-state index in [1.807, 2.05) is 24.3 Å². The minimum absolute atomic E-state index is 0.109. The molecular weight excluding hydrogens is 448 g/mol. The fourth-order valence-electron chi connectivity index (χ4n) is 3.57. The van der Waals surface area contributed by atoms with Crippen LogP contribution in [0.25, 0.3) is 0 Å².